The Labute approximate surface area is 124 Å². The summed E-state index contributed by atoms with van der Waals surface area (Å²) in [5.41, 5.74) is 0. The number of nitrogens with one attached hydrogen (secondary N) is 2. The van der Waals surface area contributed by atoms with E-state index in [1.54, 1.807) is 11.3 Å². The number of urea groups is 1. The van der Waals surface area contributed by atoms with Crippen LogP contribution in [0, 0.1) is 0 Å². The molecule has 0 aliphatic heterocycles. The summed E-state index contributed by atoms with van der Waals surface area (Å²) in [6, 6.07) is 3.81. The first kappa shape index (κ1) is 16.0. The first-order chi connectivity index (χ1) is 9.08. The van der Waals surface area contributed by atoms with Gasteiger partial charge in [0.15, 0.2) is 0 Å². The van der Waals surface area contributed by atoms with E-state index in [1.807, 2.05) is 12.1 Å². The molecule has 0 radical (unpaired) electrons. The maximum atomic E-state index is 11.4. The molecular weight excluding hydrogens is 332 g/mol. The molecular formula is C12H17BrN2O3S. The second-order valence-corrected chi connectivity index (χ2v) is 6.54. The third kappa shape index (κ3) is 7.84. The molecule has 1 heterocycles. The summed E-state index contributed by atoms with van der Waals surface area (Å²) in [7, 11) is 0. The highest BCUT2D eigenvalue weighted by atomic mass is 79.9. The Morgan fingerprint density at radius 2 is 1.95 bits per heavy atom. The fraction of sp³-hybridized carbons (Fsp3) is 0.500. The minimum absolute atomic E-state index is 0.149. The number of hydrogen-bond donors (Lipinski definition) is 3. The predicted molar refractivity (Wildman–Crippen MR) is 78.6 cm³/mol. The first-order valence-electron chi connectivity index (χ1n) is 6.05. The normalized spacial score (nSPS) is 10.2. The lowest BCUT2D eigenvalue weighted by Gasteiger charge is -2.06. The van der Waals surface area contributed by atoms with Crippen molar-refractivity contribution in [2.75, 3.05) is 13.1 Å². The van der Waals surface area contributed by atoms with E-state index in [2.05, 4.69) is 26.6 Å². The molecule has 1 aromatic rings. The first-order valence-corrected chi connectivity index (χ1v) is 7.66. The highest BCUT2D eigenvalue weighted by Crippen LogP contribution is 2.21. The second kappa shape index (κ2) is 8.92. The molecule has 0 bridgehead atoms. The Morgan fingerprint density at radius 3 is 2.58 bits per heavy atom. The van der Waals surface area contributed by atoms with Crippen LogP contribution in [0.15, 0.2) is 15.9 Å². The van der Waals surface area contributed by atoms with Crippen LogP contribution in [0.5, 0.6) is 0 Å². The number of halogens is 1. The number of carbonyl (C=O) groups excluding carboxylic acids is 1. The van der Waals surface area contributed by atoms with Crippen molar-refractivity contribution in [1.29, 1.82) is 0 Å². The molecule has 1 aromatic heterocycles. The van der Waals surface area contributed by atoms with E-state index in [0.717, 1.165) is 10.2 Å². The van der Waals surface area contributed by atoms with Gasteiger partial charge in [-0.2, -0.15) is 0 Å². The van der Waals surface area contributed by atoms with Crippen molar-refractivity contribution in [3.05, 3.63) is 20.8 Å². The summed E-state index contributed by atoms with van der Waals surface area (Å²) in [5.74, 6) is -0.799. The van der Waals surface area contributed by atoms with Gasteiger partial charge in [0.25, 0.3) is 0 Å². The van der Waals surface area contributed by atoms with Crippen LogP contribution in [0.25, 0.3) is 0 Å². The molecule has 0 saturated carbocycles. The second-order valence-electron chi connectivity index (χ2n) is 3.99. The van der Waals surface area contributed by atoms with Gasteiger partial charge in [-0.15, -0.1) is 11.3 Å². The van der Waals surface area contributed by atoms with Gasteiger partial charge in [-0.05, 0) is 47.3 Å². The predicted octanol–water partition coefficient (Wildman–Crippen LogP) is 2.61. The minimum atomic E-state index is -0.799. The Balaban J connectivity index is 2.00. The molecule has 0 aliphatic carbocycles. The number of amides is 2. The van der Waals surface area contributed by atoms with Gasteiger partial charge >= 0.3 is 12.0 Å². The minimum Gasteiger partial charge on any atom is -0.481 e. The van der Waals surface area contributed by atoms with E-state index < -0.39 is 5.97 Å². The molecule has 0 spiro atoms. The summed E-state index contributed by atoms with van der Waals surface area (Å²) >= 11 is 5.04. The van der Waals surface area contributed by atoms with Crippen LogP contribution in [0.1, 0.15) is 24.1 Å². The Bertz CT molecular complexity index is 423. The molecule has 1 rings (SSSR count). The van der Waals surface area contributed by atoms with Crippen molar-refractivity contribution in [3.8, 4) is 0 Å². The van der Waals surface area contributed by atoms with E-state index in [9.17, 15) is 9.59 Å². The number of carboxylic acids is 1. The van der Waals surface area contributed by atoms with Gasteiger partial charge in [0.2, 0.25) is 0 Å². The standard InChI is InChI=1S/C12H17BrN2O3S/c13-10-5-4-9(19-10)6-8-15-12(18)14-7-2-1-3-11(16)17/h4-5H,1-3,6-8H2,(H,16,17)(H2,14,15,18). The van der Waals surface area contributed by atoms with Gasteiger partial charge in [-0.3, -0.25) is 4.79 Å². The van der Waals surface area contributed by atoms with Crippen LogP contribution in [0.3, 0.4) is 0 Å². The topological polar surface area (TPSA) is 78.4 Å². The van der Waals surface area contributed by atoms with E-state index in [-0.39, 0.29) is 12.5 Å². The molecule has 3 N–H and O–H groups in total. The van der Waals surface area contributed by atoms with Crippen molar-refractivity contribution >= 4 is 39.3 Å². The van der Waals surface area contributed by atoms with Crippen LogP contribution in [0.4, 0.5) is 4.79 Å². The van der Waals surface area contributed by atoms with Crippen LogP contribution in [-0.4, -0.2) is 30.2 Å². The highest BCUT2D eigenvalue weighted by Gasteiger charge is 2.02. The lowest BCUT2D eigenvalue weighted by molar-refractivity contribution is -0.137. The van der Waals surface area contributed by atoms with E-state index >= 15 is 0 Å². The number of rotatable bonds is 8. The van der Waals surface area contributed by atoms with Gasteiger partial charge in [0.1, 0.15) is 0 Å². The zero-order chi connectivity index (χ0) is 14.1. The van der Waals surface area contributed by atoms with Crippen molar-refractivity contribution in [1.82, 2.24) is 10.6 Å². The van der Waals surface area contributed by atoms with Crippen LogP contribution in [0.2, 0.25) is 0 Å². The zero-order valence-corrected chi connectivity index (χ0v) is 12.8. The van der Waals surface area contributed by atoms with Crippen LogP contribution >= 0.6 is 27.3 Å². The Kier molecular flexibility index (Phi) is 7.50. The number of unbranched alkanes of at least 4 members (excludes halogenated alkanes) is 1. The van der Waals surface area contributed by atoms with Gasteiger partial charge in [0.05, 0.1) is 3.79 Å². The molecule has 0 aromatic carbocycles. The molecule has 19 heavy (non-hydrogen) atoms. The van der Waals surface area contributed by atoms with Crippen molar-refractivity contribution in [3.63, 3.8) is 0 Å². The fourth-order valence-electron chi connectivity index (χ4n) is 1.45. The largest absolute Gasteiger partial charge is 0.481 e. The van der Waals surface area contributed by atoms with Gasteiger partial charge in [-0.1, -0.05) is 0 Å². The number of carboxylic acid groups (broad SMARTS) is 1. The van der Waals surface area contributed by atoms with E-state index in [0.29, 0.717) is 25.9 Å². The van der Waals surface area contributed by atoms with Crippen molar-refractivity contribution in [2.24, 2.45) is 0 Å². The maximum absolute atomic E-state index is 11.4. The summed E-state index contributed by atoms with van der Waals surface area (Å²) in [4.78, 5) is 22.9. The van der Waals surface area contributed by atoms with Crippen molar-refractivity contribution < 1.29 is 14.7 Å². The van der Waals surface area contributed by atoms with Gasteiger partial charge in [0, 0.05) is 24.4 Å². The summed E-state index contributed by atoms with van der Waals surface area (Å²) in [6.07, 6.45) is 2.22. The monoisotopic (exact) mass is 348 g/mol. The third-order valence-electron chi connectivity index (χ3n) is 2.39. The maximum Gasteiger partial charge on any atom is 0.314 e. The van der Waals surface area contributed by atoms with Crippen molar-refractivity contribution in [2.45, 2.75) is 25.7 Å². The highest BCUT2D eigenvalue weighted by molar-refractivity contribution is 9.11. The molecule has 5 nitrogen and oxygen atoms in total. The lowest BCUT2D eigenvalue weighted by atomic mass is 10.2. The summed E-state index contributed by atoms with van der Waals surface area (Å²) < 4.78 is 1.09. The molecule has 0 aliphatic rings. The third-order valence-corrected chi connectivity index (χ3v) is 4.07. The Hall–Kier alpha value is -1.08. The molecule has 2 amide bonds. The number of hydrogen-bond acceptors (Lipinski definition) is 3. The smallest absolute Gasteiger partial charge is 0.314 e. The van der Waals surface area contributed by atoms with Crippen LogP contribution < -0.4 is 10.6 Å². The average Bonchev–Trinajstić information content (AvgIpc) is 2.74. The quantitative estimate of drug-likeness (QED) is 0.632. The zero-order valence-electron chi connectivity index (χ0n) is 10.4. The average molecular weight is 349 g/mol. The van der Waals surface area contributed by atoms with Gasteiger partial charge in [-0.25, -0.2) is 4.79 Å². The molecule has 0 saturated heterocycles. The van der Waals surface area contributed by atoms with E-state index in [1.165, 1.54) is 4.88 Å². The summed E-state index contributed by atoms with van der Waals surface area (Å²) in [6.45, 7) is 1.09. The molecule has 0 atom stereocenters. The summed E-state index contributed by atoms with van der Waals surface area (Å²) in [5, 5.41) is 13.9. The van der Waals surface area contributed by atoms with E-state index in [4.69, 9.17) is 5.11 Å². The van der Waals surface area contributed by atoms with Gasteiger partial charge < -0.3 is 15.7 Å². The number of carbonyl (C=O) groups is 2. The molecule has 0 fully saturated rings. The molecule has 106 valence electrons. The van der Waals surface area contributed by atoms with Crippen LogP contribution in [-0.2, 0) is 11.2 Å². The lowest BCUT2D eigenvalue weighted by Crippen LogP contribution is -2.37. The SMILES string of the molecule is O=C(O)CCCCNC(=O)NCCc1ccc(Br)s1. The molecule has 7 heteroatoms. The Morgan fingerprint density at radius 1 is 1.21 bits per heavy atom. The molecule has 0 unspecified atom stereocenters. The number of aliphatic carboxylic acids is 1. The fourth-order valence-corrected chi connectivity index (χ4v) is 2.93. The number of thiophene rings is 1.